The second-order valence-electron chi connectivity index (χ2n) is 4.69. The second-order valence-corrected chi connectivity index (χ2v) is 4.69. The highest BCUT2D eigenvalue weighted by Gasteiger charge is 2.23. The van der Waals surface area contributed by atoms with Crippen LogP contribution in [0.15, 0.2) is 12.1 Å². The van der Waals surface area contributed by atoms with E-state index in [1.165, 1.54) is 14.2 Å². The molecule has 0 saturated carbocycles. The van der Waals surface area contributed by atoms with Crippen LogP contribution in [0.4, 0.5) is 8.78 Å². The Morgan fingerprint density at radius 3 is 2.58 bits per heavy atom. The number of nitrogens with one attached hydrogen (secondary N) is 1. The smallest absolute Gasteiger partial charge is 0.267 e. The topological polar surface area (TPSA) is 30.5 Å². The van der Waals surface area contributed by atoms with Gasteiger partial charge in [-0.1, -0.05) is 0 Å². The summed E-state index contributed by atoms with van der Waals surface area (Å²) in [4.78, 5) is 0. The highest BCUT2D eigenvalue weighted by atomic mass is 19.3. The molecule has 1 atom stereocenters. The van der Waals surface area contributed by atoms with Gasteiger partial charge in [0, 0.05) is 6.54 Å². The minimum Gasteiger partial charge on any atom is -0.493 e. The Hall–Kier alpha value is -1.36. The van der Waals surface area contributed by atoms with Gasteiger partial charge in [0.2, 0.25) is 0 Å². The molecule has 0 aliphatic carbocycles. The first-order valence-corrected chi connectivity index (χ1v) is 6.42. The van der Waals surface area contributed by atoms with Gasteiger partial charge in [0.25, 0.3) is 6.43 Å². The maximum atomic E-state index is 13.1. The van der Waals surface area contributed by atoms with Crippen molar-refractivity contribution in [3.63, 3.8) is 0 Å². The van der Waals surface area contributed by atoms with E-state index in [1.54, 1.807) is 6.07 Å². The Bertz CT molecular complexity index is 432. The summed E-state index contributed by atoms with van der Waals surface area (Å²) in [6.07, 6.45) is -0.505. The lowest BCUT2D eigenvalue weighted by Gasteiger charge is -2.25. The van der Waals surface area contributed by atoms with E-state index in [-0.39, 0.29) is 17.2 Å². The Balaban J connectivity index is 2.41. The fourth-order valence-electron chi connectivity index (χ4n) is 2.55. The summed E-state index contributed by atoms with van der Waals surface area (Å²) in [7, 11) is 2.85. The van der Waals surface area contributed by atoms with Gasteiger partial charge >= 0.3 is 0 Å². The summed E-state index contributed by atoms with van der Waals surface area (Å²) in [6.45, 7) is 1.81. The number of halogens is 2. The van der Waals surface area contributed by atoms with Gasteiger partial charge in [0.1, 0.15) is 0 Å². The molecule has 1 heterocycles. The van der Waals surface area contributed by atoms with E-state index in [0.717, 1.165) is 31.5 Å². The molecule has 19 heavy (non-hydrogen) atoms. The summed E-state index contributed by atoms with van der Waals surface area (Å²) < 4.78 is 36.5. The van der Waals surface area contributed by atoms with Crippen LogP contribution in [-0.4, -0.2) is 27.3 Å². The molecule has 1 aromatic rings. The predicted molar refractivity (Wildman–Crippen MR) is 69.3 cm³/mol. The minimum atomic E-state index is -2.57. The Morgan fingerprint density at radius 1 is 1.26 bits per heavy atom. The largest absolute Gasteiger partial charge is 0.493 e. The van der Waals surface area contributed by atoms with Crippen molar-refractivity contribution in [1.82, 2.24) is 5.32 Å². The fourth-order valence-corrected chi connectivity index (χ4v) is 2.55. The van der Waals surface area contributed by atoms with E-state index < -0.39 is 6.43 Å². The number of ether oxygens (including phenoxy) is 2. The molecule has 1 saturated heterocycles. The molecule has 0 bridgehead atoms. The van der Waals surface area contributed by atoms with Crippen LogP contribution < -0.4 is 14.8 Å². The average molecular weight is 271 g/mol. The normalized spacial score (nSPS) is 19.5. The zero-order chi connectivity index (χ0) is 13.8. The van der Waals surface area contributed by atoms with Crippen molar-refractivity contribution >= 4 is 0 Å². The van der Waals surface area contributed by atoms with Crippen molar-refractivity contribution in [2.45, 2.75) is 25.2 Å². The molecule has 106 valence electrons. The zero-order valence-corrected chi connectivity index (χ0v) is 11.2. The molecule has 2 rings (SSSR count). The number of benzene rings is 1. The van der Waals surface area contributed by atoms with E-state index >= 15 is 0 Å². The maximum Gasteiger partial charge on any atom is 0.267 e. The molecule has 1 unspecified atom stereocenters. The Morgan fingerprint density at radius 2 is 2.05 bits per heavy atom. The van der Waals surface area contributed by atoms with Crippen molar-refractivity contribution in [2.24, 2.45) is 0 Å². The van der Waals surface area contributed by atoms with Crippen LogP contribution in [0.25, 0.3) is 0 Å². The first kappa shape index (κ1) is 14.1. The van der Waals surface area contributed by atoms with Crippen molar-refractivity contribution in [1.29, 1.82) is 0 Å². The first-order chi connectivity index (χ1) is 9.17. The number of hydrogen-bond donors (Lipinski definition) is 1. The third-order valence-corrected chi connectivity index (χ3v) is 3.53. The molecular weight excluding hydrogens is 252 g/mol. The van der Waals surface area contributed by atoms with Gasteiger partial charge < -0.3 is 14.8 Å². The van der Waals surface area contributed by atoms with Crippen LogP contribution in [0.5, 0.6) is 11.5 Å². The maximum absolute atomic E-state index is 13.1. The fraction of sp³-hybridized carbons (Fsp3) is 0.571. The Labute approximate surface area is 111 Å². The average Bonchev–Trinajstić information content (AvgIpc) is 2.46. The van der Waals surface area contributed by atoms with Gasteiger partial charge in [-0.25, -0.2) is 8.78 Å². The molecule has 1 fully saturated rings. The quantitative estimate of drug-likeness (QED) is 0.912. The van der Waals surface area contributed by atoms with E-state index in [9.17, 15) is 8.78 Å². The lowest BCUT2D eigenvalue weighted by Crippen LogP contribution is -2.28. The van der Waals surface area contributed by atoms with Crippen LogP contribution >= 0.6 is 0 Å². The number of piperidine rings is 1. The molecule has 0 spiro atoms. The van der Waals surface area contributed by atoms with Gasteiger partial charge in [0.15, 0.2) is 11.5 Å². The van der Waals surface area contributed by atoms with E-state index in [1.807, 2.05) is 6.07 Å². The third-order valence-electron chi connectivity index (χ3n) is 3.53. The van der Waals surface area contributed by atoms with Crippen LogP contribution in [0.2, 0.25) is 0 Å². The Kier molecular flexibility index (Phi) is 4.58. The summed E-state index contributed by atoms with van der Waals surface area (Å²) in [6, 6.07) is 3.35. The van der Waals surface area contributed by atoms with Crippen molar-refractivity contribution in [3.8, 4) is 11.5 Å². The first-order valence-electron chi connectivity index (χ1n) is 6.42. The molecule has 1 N–H and O–H groups in total. The van der Waals surface area contributed by atoms with Crippen molar-refractivity contribution in [3.05, 3.63) is 23.3 Å². The SMILES string of the molecule is COc1cc(C2CCCNC2)cc(C(F)F)c1OC. The minimum absolute atomic E-state index is 0.0950. The molecule has 0 radical (unpaired) electrons. The second kappa shape index (κ2) is 6.19. The lowest BCUT2D eigenvalue weighted by atomic mass is 9.90. The van der Waals surface area contributed by atoms with Crippen LogP contribution in [0, 0.1) is 0 Å². The molecule has 5 heteroatoms. The van der Waals surface area contributed by atoms with Crippen LogP contribution in [0.1, 0.15) is 36.3 Å². The summed E-state index contributed by atoms with van der Waals surface area (Å²) in [5.74, 6) is 0.761. The predicted octanol–water partition coefficient (Wildman–Crippen LogP) is 3.11. The van der Waals surface area contributed by atoms with Crippen molar-refractivity contribution in [2.75, 3.05) is 27.3 Å². The monoisotopic (exact) mass is 271 g/mol. The van der Waals surface area contributed by atoms with E-state index in [2.05, 4.69) is 5.32 Å². The zero-order valence-electron chi connectivity index (χ0n) is 11.2. The van der Waals surface area contributed by atoms with Gasteiger partial charge in [-0.15, -0.1) is 0 Å². The molecule has 0 amide bonds. The molecule has 0 aromatic heterocycles. The summed E-state index contributed by atoms with van der Waals surface area (Å²) in [5, 5.41) is 3.29. The number of alkyl halides is 2. The standard InChI is InChI=1S/C14H19F2NO2/c1-18-12-7-10(9-4-3-5-17-8-9)6-11(14(15)16)13(12)19-2/h6-7,9,14,17H,3-5,8H2,1-2H3. The van der Waals surface area contributed by atoms with Crippen molar-refractivity contribution < 1.29 is 18.3 Å². The third kappa shape index (κ3) is 2.97. The van der Waals surface area contributed by atoms with E-state index in [0.29, 0.717) is 5.75 Å². The van der Waals surface area contributed by atoms with Gasteiger partial charge in [0.05, 0.1) is 19.8 Å². The summed E-state index contributed by atoms with van der Waals surface area (Å²) in [5.41, 5.74) is 0.794. The number of hydrogen-bond acceptors (Lipinski definition) is 3. The molecule has 1 aliphatic heterocycles. The van der Waals surface area contributed by atoms with E-state index in [4.69, 9.17) is 9.47 Å². The highest BCUT2D eigenvalue weighted by molar-refractivity contribution is 5.51. The lowest BCUT2D eigenvalue weighted by molar-refractivity contribution is 0.146. The molecule has 3 nitrogen and oxygen atoms in total. The van der Waals surface area contributed by atoms with Crippen LogP contribution in [0.3, 0.4) is 0 Å². The number of methoxy groups -OCH3 is 2. The summed E-state index contributed by atoms with van der Waals surface area (Å²) >= 11 is 0. The molecule has 1 aliphatic rings. The molecular formula is C14H19F2NO2. The number of rotatable bonds is 4. The van der Waals surface area contributed by atoms with Gasteiger partial charge in [-0.05, 0) is 43.0 Å². The van der Waals surface area contributed by atoms with Gasteiger partial charge in [-0.3, -0.25) is 0 Å². The van der Waals surface area contributed by atoms with Gasteiger partial charge in [-0.2, -0.15) is 0 Å². The van der Waals surface area contributed by atoms with Crippen LogP contribution in [-0.2, 0) is 0 Å². The molecule has 1 aromatic carbocycles. The highest BCUT2D eigenvalue weighted by Crippen LogP contribution is 2.40.